The van der Waals surface area contributed by atoms with Crippen LogP contribution >= 0.6 is 0 Å². The fourth-order valence-corrected chi connectivity index (χ4v) is 4.26. The van der Waals surface area contributed by atoms with Crippen molar-refractivity contribution in [3.63, 3.8) is 0 Å². The highest BCUT2D eigenvalue weighted by Gasteiger charge is 2.33. The SMILES string of the molecule is CC[Si](CC)(CC)OC(=O)c1ccc(O)cc1. The number of hydrogen-bond donors (Lipinski definition) is 1. The van der Waals surface area contributed by atoms with Crippen LogP contribution in [0.25, 0.3) is 0 Å². The van der Waals surface area contributed by atoms with Crippen LogP contribution in [0.2, 0.25) is 18.1 Å². The first-order valence-electron chi connectivity index (χ1n) is 6.09. The normalized spacial score (nSPS) is 11.2. The summed E-state index contributed by atoms with van der Waals surface area (Å²) in [4.78, 5) is 12.0. The molecule has 0 aliphatic heterocycles. The number of hydrogen-bond acceptors (Lipinski definition) is 3. The highest BCUT2D eigenvalue weighted by atomic mass is 28.4. The van der Waals surface area contributed by atoms with E-state index in [1.54, 1.807) is 12.1 Å². The van der Waals surface area contributed by atoms with Crippen molar-refractivity contribution in [2.45, 2.75) is 38.9 Å². The van der Waals surface area contributed by atoms with E-state index in [0.29, 0.717) is 5.56 Å². The van der Waals surface area contributed by atoms with Gasteiger partial charge in [-0.3, -0.25) is 0 Å². The number of phenolic OH excluding ortho intramolecular Hbond substituents is 1. The summed E-state index contributed by atoms with van der Waals surface area (Å²) in [5.41, 5.74) is 0.509. The van der Waals surface area contributed by atoms with Gasteiger partial charge < -0.3 is 9.53 Å². The maximum absolute atomic E-state index is 12.0. The van der Waals surface area contributed by atoms with Crippen LogP contribution < -0.4 is 0 Å². The molecule has 1 N–H and O–H groups in total. The first-order valence-corrected chi connectivity index (χ1v) is 8.62. The molecule has 1 rings (SSSR count). The van der Waals surface area contributed by atoms with Crippen LogP contribution in [-0.4, -0.2) is 19.4 Å². The summed E-state index contributed by atoms with van der Waals surface area (Å²) in [6, 6.07) is 9.04. The molecule has 0 atom stereocenters. The average molecular weight is 252 g/mol. The molecule has 0 amide bonds. The monoisotopic (exact) mass is 252 g/mol. The van der Waals surface area contributed by atoms with Gasteiger partial charge in [0, 0.05) is 0 Å². The Morgan fingerprint density at radius 1 is 1.12 bits per heavy atom. The second-order valence-corrected chi connectivity index (χ2v) is 8.87. The number of rotatable bonds is 5. The van der Waals surface area contributed by atoms with Gasteiger partial charge in [0.25, 0.3) is 8.32 Å². The van der Waals surface area contributed by atoms with E-state index in [2.05, 4.69) is 20.8 Å². The zero-order valence-electron chi connectivity index (χ0n) is 10.7. The van der Waals surface area contributed by atoms with Gasteiger partial charge in [0.15, 0.2) is 0 Å². The van der Waals surface area contributed by atoms with Crippen molar-refractivity contribution in [3.05, 3.63) is 29.8 Å². The van der Waals surface area contributed by atoms with E-state index in [4.69, 9.17) is 9.53 Å². The maximum atomic E-state index is 12.0. The van der Waals surface area contributed by atoms with Crippen molar-refractivity contribution in [1.82, 2.24) is 0 Å². The molecule has 0 saturated heterocycles. The Hall–Kier alpha value is -1.29. The maximum Gasteiger partial charge on any atom is 0.324 e. The molecule has 0 aliphatic carbocycles. The van der Waals surface area contributed by atoms with Crippen molar-refractivity contribution >= 4 is 14.3 Å². The predicted octanol–water partition coefficient (Wildman–Crippen LogP) is 3.55. The highest BCUT2D eigenvalue weighted by molar-refractivity contribution is 6.75. The van der Waals surface area contributed by atoms with Crippen LogP contribution in [0, 0.1) is 0 Å². The smallest absolute Gasteiger partial charge is 0.324 e. The first-order chi connectivity index (χ1) is 8.06. The lowest BCUT2D eigenvalue weighted by Gasteiger charge is -2.27. The molecule has 1 aromatic rings. The molecule has 0 aromatic heterocycles. The van der Waals surface area contributed by atoms with E-state index in [0.717, 1.165) is 18.1 Å². The molecule has 94 valence electrons. The average Bonchev–Trinajstić information content (AvgIpc) is 2.37. The lowest BCUT2D eigenvalue weighted by molar-refractivity contribution is 0.0717. The van der Waals surface area contributed by atoms with Crippen LogP contribution in [0.4, 0.5) is 0 Å². The number of carbonyl (C=O) groups is 1. The zero-order valence-corrected chi connectivity index (χ0v) is 11.7. The minimum absolute atomic E-state index is 0.159. The Morgan fingerprint density at radius 2 is 1.59 bits per heavy atom. The molecule has 0 fully saturated rings. The summed E-state index contributed by atoms with van der Waals surface area (Å²) < 4.78 is 5.73. The molecule has 1 aromatic carbocycles. The van der Waals surface area contributed by atoms with Crippen LogP contribution in [0.1, 0.15) is 31.1 Å². The van der Waals surface area contributed by atoms with E-state index < -0.39 is 8.32 Å². The molecule has 0 radical (unpaired) electrons. The molecule has 0 aliphatic rings. The van der Waals surface area contributed by atoms with E-state index >= 15 is 0 Å². The van der Waals surface area contributed by atoms with Crippen LogP contribution in [0.15, 0.2) is 24.3 Å². The quantitative estimate of drug-likeness (QED) is 0.815. The first kappa shape index (κ1) is 13.8. The Bertz CT molecular complexity index is 360. The van der Waals surface area contributed by atoms with Crippen molar-refractivity contribution in [2.75, 3.05) is 0 Å². The predicted molar refractivity (Wildman–Crippen MR) is 70.7 cm³/mol. The minimum Gasteiger partial charge on any atom is -0.516 e. The van der Waals surface area contributed by atoms with Crippen LogP contribution in [-0.2, 0) is 4.43 Å². The summed E-state index contributed by atoms with van der Waals surface area (Å²) in [6.07, 6.45) is 0. The highest BCUT2D eigenvalue weighted by Crippen LogP contribution is 2.23. The largest absolute Gasteiger partial charge is 0.516 e. The summed E-state index contributed by atoms with van der Waals surface area (Å²) >= 11 is 0. The summed E-state index contributed by atoms with van der Waals surface area (Å²) in [5, 5.41) is 9.17. The Labute approximate surface area is 104 Å². The van der Waals surface area contributed by atoms with Gasteiger partial charge in [-0.1, -0.05) is 20.8 Å². The summed E-state index contributed by atoms with van der Waals surface area (Å²) in [7, 11) is -1.89. The van der Waals surface area contributed by atoms with Crippen LogP contribution in [0.3, 0.4) is 0 Å². The molecule has 0 saturated carbocycles. The van der Waals surface area contributed by atoms with Crippen molar-refractivity contribution < 1.29 is 14.3 Å². The van der Waals surface area contributed by atoms with E-state index in [-0.39, 0.29) is 11.7 Å². The van der Waals surface area contributed by atoms with Gasteiger partial charge in [-0.05, 0) is 42.4 Å². The molecule has 0 bridgehead atoms. The fourth-order valence-electron chi connectivity index (χ4n) is 1.82. The second-order valence-electron chi connectivity index (χ2n) is 4.18. The van der Waals surface area contributed by atoms with Crippen molar-refractivity contribution in [3.8, 4) is 5.75 Å². The number of carbonyl (C=O) groups excluding carboxylic acids is 1. The van der Waals surface area contributed by atoms with Gasteiger partial charge in [0.2, 0.25) is 0 Å². The lowest BCUT2D eigenvalue weighted by atomic mass is 10.2. The summed E-state index contributed by atoms with van der Waals surface area (Å²) in [6.45, 7) is 6.26. The van der Waals surface area contributed by atoms with Crippen molar-refractivity contribution in [1.29, 1.82) is 0 Å². The Balaban J connectivity index is 2.81. The van der Waals surface area contributed by atoms with Gasteiger partial charge in [-0.15, -0.1) is 0 Å². The molecule has 3 nitrogen and oxygen atoms in total. The van der Waals surface area contributed by atoms with Gasteiger partial charge >= 0.3 is 5.97 Å². The number of aromatic hydroxyl groups is 1. The lowest BCUT2D eigenvalue weighted by Crippen LogP contribution is -2.38. The third-order valence-electron chi connectivity index (χ3n) is 3.35. The van der Waals surface area contributed by atoms with E-state index in [1.807, 2.05) is 0 Å². The Kier molecular flexibility index (Phi) is 4.75. The summed E-state index contributed by atoms with van der Waals surface area (Å²) in [5.74, 6) is -0.103. The zero-order chi connectivity index (χ0) is 12.9. The number of phenols is 1. The van der Waals surface area contributed by atoms with E-state index in [1.165, 1.54) is 12.1 Å². The minimum atomic E-state index is -1.89. The molecule has 0 spiro atoms. The van der Waals surface area contributed by atoms with Crippen LogP contribution in [0.5, 0.6) is 5.75 Å². The topological polar surface area (TPSA) is 46.5 Å². The molecule has 4 heteroatoms. The molecular weight excluding hydrogens is 232 g/mol. The van der Waals surface area contributed by atoms with Gasteiger partial charge in [0.05, 0.1) is 5.56 Å². The molecule has 0 heterocycles. The Morgan fingerprint density at radius 3 is 2.00 bits per heavy atom. The number of benzene rings is 1. The molecule has 0 unspecified atom stereocenters. The van der Waals surface area contributed by atoms with Gasteiger partial charge in [0.1, 0.15) is 5.75 Å². The third kappa shape index (κ3) is 3.33. The van der Waals surface area contributed by atoms with E-state index in [9.17, 15) is 4.79 Å². The van der Waals surface area contributed by atoms with Gasteiger partial charge in [-0.2, -0.15) is 0 Å². The third-order valence-corrected chi connectivity index (χ3v) is 7.83. The second kappa shape index (κ2) is 5.86. The standard InChI is InChI=1S/C13H20O3Si/c1-4-17(5-2,6-3)16-13(15)11-7-9-12(14)10-8-11/h7-10,14H,4-6H2,1-3H3. The fraction of sp³-hybridized carbons (Fsp3) is 0.462. The van der Waals surface area contributed by atoms with Crippen molar-refractivity contribution in [2.24, 2.45) is 0 Å². The molecular formula is C13H20O3Si. The van der Waals surface area contributed by atoms with Gasteiger partial charge in [-0.25, -0.2) is 4.79 Å². The molecule has 17 heavy (non-hydrogen) atoms.